The van der Waals surface area contributed by atoms with Gasteiger partial charge < -0.3 is 5.11 Å². The van der Waals surface area contributed by atoms with Crippen molar-refractivity contribution in [2.24, 2.45) is 17.8 Å². The number of rotatable bonds is 1. The van der Waals surface area contributed by atoms with Gasteiger partial charge in [-0.05, 0) is 43.4 Å². The van der Waals surface area contributed by atoms with Crippen LogP contribution in [0.3, 0.4) is 0 Å². The zero-order chi connectivity index (χ0) is 9.97. The van der Waals surface area contributed by atoms with Gasteiger partial charge in [0.05, 0.1) is 6.10 Å². The fraction of sp³-hybridized carbons (Fsp3) is 0.846. The number of aliphatic hydroxyl groups is 1. The molecule has 0 spiro atoms. The first-order valence-corrected chi connectivity index (χ1v) is 6.12. The van der Waals surface area contributed by atoms with E-state index in [4.69, 9.17) is 0 Å². The van der Waals surface area contributed by atoms with E-state index in [0.29, 0.717) is 0 Å². The molecule has 0 bridgehead atoms. The molecule has 1 saturated carbocycles. The Morgan fingerprint density at radius 2 is 1.64 bits per heavy atom. The molecule has 0 aliphatic heterocycles. The molecule has 0 radical (unpaired) electrons. The van der Waals surface area contributed by atoms with Crippen molar-refractivity contribution in [3.05, 3.63) is 12.2 Å². The summed E-state index contributed by atoms with van der Waals surface area (Å²) >= 11 is 0. The first-order valence-electron chi connectivity index (χ1n) is 6.12. The van der Waals surface area contributed by atoms with E-state index in [0.717, 1.165) is 24.2 Å². The molecule has 0 amide bonds. The molecule has 1 heteroatoms. The molecule has 0 aromatic rings. The van der Waals surface area contributed by atoms with Crippen LogP contribution in [0.25, 0.3) is 0 Å². The minimum absolute atomic E-state index is 0.159. The number of allylic oxidation sites excluding steroid dienone is 1. The van der Waals surface area contributed by atoms with Gasteiger partial charge in [0.25, 0.3) is 0 Å². The van der Waals surface area contributed by atoms with Gasteiger partial charge in [-0.25, -0.2) is 0 Å². The Morgan fingerprint density at radius 3 is 2.21 bits per heavy atom. The highest BCUT2D eigenvalue weighted by molar-refractivity contribution is 5.00. The average Bonchev–Trinajstić information content (AvgIpc) is 2.21. The summed E-state index contributed by atoms with van der Waals surface area (Å²) in [6.45, 7) is 2.37. The minimum atomic E-state index is -0.159. The van der Waals surface area contributed by atoms with E-state index in [9.17, 15) is 5.11 Å². The van der Waals surface area contributed by atoms with E-state index in [1.54, 1.807) is 0 Å². The first kappa shape index (κ1) is 10.2. The van der Waals surface area contributed by atoms with Gasteiger partial charge >= 0.3 is 0 Å². The second kappa shape index (κ2) is 4.48. The molecular formula is C13H22O. The summed E-state index contributed by atoms with van der Waals surface area (Å²) in [5.74, 6) is 2.63. The Kier molecular flexibility index (Phi) is 3.27. The molecule has 0 aromatic carbocycles. The maximum absolute atomic E-state index is 9.38. The second-order valence-corrected chi connectivity index (χ2v) is 5.21. The summed E-state index contributed by atoms with van der Waals surface area (Å²) < 4.78 is 0. The molecule has 1 fully saturated rings. The Bertz CT molecular complexity index is 201. The summed E-state index contributed by atoms with van der Waals surface area (Å²) in [7, 11) is 0. The van der Waals surface area contributed by atoms with E-state index in [2.05, 4.69) is 13.0 Å². The lowest BCUT2D eigenvalue weighted by molar-refractivity contribution is 0.166. The van der Waals surface area contributed by atoms with Crippen molar-refractivity contribution < 1.29 is 5.11 Å². The van der Waals surface area contributed by atoms with Crippen molar-refractivity contribution in [2.75, 3.05) is 0 Å². The second-order valence-electron chi connectivity index (χ2n) is 5.21. The van der Waals surface area contributed by atoms with Crippen LogP contribution in [0.5, 0.6) is 0 Å². The predicted octanol–water partition coefficient (Wildman–Crippen LogP) is 3.14. The highest BCUT2D eigenvalue weighted by Gasteiger charge is 2.26. The highest BCUT2D eigenvalue weighted by atomic mass is 16.3. The molecule has 14 heavy (non-hydrogen) atoms. The molecule has 1 nitrogen and oxygen atoms in total. The van der Waals surface area contributed by atoms with Crippen LogP contribution >= 0.6 is 0 Å². The van der Waals surface area contributed by atoms with Crippen LogP contribution < -0.4 is 0 Å². The van der Waals surface area contributed by atoms with Crippen molar-refractivity contribution >= 4 is 0 Å². The van der Waals surface area contributed by atoms with Gasteiger partial charge in [-0.3, -0.25) is 0 Å². The molecule has 2 atom stereocenters. The molecule has 80 valence electrons. The molecule has 0 saturated heterocycles. The maximum Gasteiger partial charge on any atom is 0.0721 e. The van der Waals surface area contributed by atoms with E-state index in [-0.39, 0.29) is 6.10 Å². The van der Waals surface area contributed by atoms with Gasteiger partial charge in [-0.1, -0.05) is 31.9 Å². The summed E-state index contributed by atoms with van der Waals surface area (Å²) in [6.07, 6.45) is 12.0. The SMILES string of the molecule is CC1CCC(C2C=CC(O)CC2)CC1. The molecule has 1 N–H and O–H groups in total. The van der Waals surface area contributed by atoms with Gasteiger partial charge in [0.2, 0.25) is 0 Å². The van der Waals surface area contributed by atoms with Gasteiger partial charge in [-0.15, -0.1) is 0 Å². The lowest BCUT2D eigenvalue weighted by Crippen LogP contribution is -2.23. The standard InChI is InChI=1S/C13H22O/c1-10-2-4-11(5-3-10)12-6-8-13(14)9-7-12/h6,8,10-14H,2-5,7,9H2,1H3. The van der Waals surface area contributed by atoms with Crippen LogP contribution in [0.15, 0.2) is 12.2 Å². The third kappa shape index (κ3) is 2.38. The molecule has 2 rings (SSSR count). The van der Waals surface area contributed by atoms with Crippen LogP contribution in [-0.2, 0) is 0 Å². The molecule has 0 aromatic heterocycles. The third-order valence-corrected chi connectivity index (χ3v) is 4.04. The van der Waals surface area contributed by atoms with Gasteiger partial charge in [0, 0.05) is 0 Å². The van der Waals surface area contributed by atoms with E-state index in [1.165, 1.54) is 32.1 Å². The Labute approximate surface area is 87.2 Å². The molecular weight excluding hydrogens is 172 g/mol. The lowest BCUT2D eigenvalue weighted by atomic mass is 9.73. The summed E-state index contributed by atoms with van der Waals surface area (Å²) in [5, 5.41) is 9.38. The van der Waals surface area contributed by atoms with Crippen LogP contribution in [0.2, 0.25) is 0 Å². The van der Waals surface area contributed by atoms with Crippen molar-refractivity contribution in [2.45, 2.75) is 51.6 Å². The van der Waals surface area contributed by atoms with Crippen LogP contribution in [0.4, 0.5) is 0 Å². The van der Waals surface area contributed by atoms with Crippen molar-refractivity contribution in [3.8, 4) is 0 Å². The quantitative estimate of drug-likeness (QED) is 0.636. The number of hydrogen-bond acceptors (Lipinski definition) is 1. The Balaban J connectivity index is 1.87. The predicted molar refractivity (Wildman–Crippen MR) is 59.0 cm³/mol. The minimum Gasteiger partial charge on any atom is -0.389 e. The molecule has 0 heterocycles. The lowest BCUT2D eigenvalue weighted by Gasteiger charge is -2.33. The first-order chi connectivity index (χ1) is 6.75. The fourth-order valence-electron chi connectivity index (χ4n) is 2.93. The summed E-state index contributed by atoms with van der Waals surface area (Å²) in [5.41, 5.74) is 0. The van der Waals surface area contributed by atoms with Crippen LogP contribution in [0, 0.1) is 17.8 Å². The maximum atomic E-state index is 9.38. The third-order valence-electron chi connectivity index (χ3n) is 4.04. The topological polar surface area (TPSA) is 20.2 Å². The van der Waals surface area contributed by atoms with Crippen LogP contribution in [0.1, 0.15) is 45.4 Å². The Morgan fingerprint density at radius 1 is 0.929 bits per heavy atom. The molecule has 2 aliphatic carbocycles. The largest absolute Gasteiger partial charge is 0.389 e. The van der Waals surface area contributed by atoms with Crippen LogP contribution in [-0.4, -0.2) is 11.2 Å². The van der Waals surface area contributed by atoms with E-state index >= 15 is 0 Å². The average molecular weight is 194 g/mol. The summed E-state index contributed by atoms with van der Waals surface area (Å²) in [6, 6.07) is 0. The van der Waals surface area contributed by atoms with Crippen molar-refractivity contribution in [3.63, 3.8) is 0 Å². The normalized spacial score (nSPS) is 43.9. The molecule has 2 unspecified atom stereocenters. The van der Waals surface area contributed by atoms with Gasteiger partial charge in [0.1, 0.15) is 0 Å². The van der Waals surface area contributed by atoms with E-state index in [1.807, 2.05) is 6.08 Å². The Hall–Kier alpha value is -0.300. The summed E-state index contributed by atoms with van der Waals surface area (Å²) in [4.78, 5) is 0. The monoisotopic (exact) mass is 194 g/mol. The highest BCUT2D eigenvalue weighted by Crippen LogP contribution is 2.37. The number of aliphatic hydroxyl groups excluding tert-OH is 1. The zero-order valence-electron chi connectivity index (χ0n) is 9.15. The van der Waals surface area contributed by atoms with Gasteiger partial charge in [-0.2, -0.15) is 0 Å². The van der Waals surface area contributed by atoms with E-state index < -0.39 is 0 Å². The zero-order valence-corrected chi connectivity index (χ0v) is 9.15. The van der Waals surface area contributed by atoms with Crippen molar-refractivity contribution in [1.29, 1.82) is 0 Å². The smallest absolute Gasteiger partial charge is 0.0721 e. The fourth-order valence-corrected chi connectivity index (χ4v) is 2.93. The number of hydrogen-bond donors (Lipinski definition) is 1. The molecule has 2 aliphatic rings. The van der Waals surface area contributed by atoms with Gasteiger partial charge in [0.15, 0.2) is 0 Å². The van der Waals surface area contributed by atoms with Crippen molar-refractivity contribution in [1.82, 2.24) is 0 Å².